The van der Waals surface area contributed by atoms with E-state index >= 15 is 0 Å². The zero-order valence-electron chi connectivity index (χ0n) is 11.8. The molecule has 5 heteroatoms. The van der Waals surface area contributed by atoms with E-state index in [0.29, 0.717) is 19.4 Å². The van der Waals surface area contributed by atoms with Crippen LogP contribution in [-0.2, 0) is 19.1 Å². The molecule has 1 rings (SSSR count). The second kappa shape index (κ2) is 9.78. The van der Waals surface area contributed by atoms with Gasteiger partial charge in [-0.05, 0) is 32.1 Å². The van der Waals surface area contributed by atoms with Gasteiger partial charge in [-0.3, -0.25) is 9.59 Å². The van der Waals surface area contributed by atoms with E-state index in [4.69, 9.17) is 4.74 Å². The zero-order chi connectivity index (χ0) is 13.9. The number of carbonyl (C=O) groups excluding carboxylic acids is 2. The SMILES string of the molecule is COC(=O)CCCCCNC(=O)CCC1CCCO1. The van der Waals surface area contributed by atoms with Crippen molar-refractivity contribution < 1.29 is 19.1 Å². The van der Waals surface area contributed by atoms with Crippen LogP contribution in [-0.4, -0.2) is 38.2 Å². The van der Waals surface area contributed by atoms with Crippen molar-refractivity contribution >= 4 is 11.9 Å². The molecule has 0 aromatic carbocycles. The lowest BCUT2D eigenvalue weighted by molar-refractivity contribution is -0.140. The molecule has 0 aromatic heterocycles. The minimum absolute atomic E-state index is 0.100. The summed E-state index contributed by atoms with van der Waals surface area (Å²) in [5, 5.41) is 2.90. The summed E-state index contributed by atoms with van der Waals surface area (Å²) in [5.74, 6) is -0.0657. The van der Waals surface area contributed by atoms with E-state index in [2.05, 4.69) is 10.1 Å². The predicted octanol–water partition coefficient (Wildman–Crippen LogP) is 1.80. The van der Waals surface area contributed by atoms with E-state index in [1.807, 2.05) is 0 Å². The lowest BCUT2D eigenvalue weighted by Gasteiger charge is -2.09. The molecule has 0 bridgehead atoms. The Morgan fingerprint density at radius 1 is 1.26 bits per heavy atom. The van der Waals surface area contributed by atoms with Gasteiger partial charge in [0.1, 0.15) is 0 Å². The second-order valence-corrected chi connectivity index (χ2v) is 4.91. The number of rotatable bonds is 9. The van der Waals surface area contributed by atoms with Crippen LogP contribution in [0, 0.1) is 0 Å². The monoisotopic (exact) mass is 271 g/mol. The van der Waals surface area contributed by atoms with Crippen molar-refractivity contribution in [3.8, 4) is 0 Å². The fraction of sp³-hybridized carbons (Fsp3) is 0.857. The third kappa shape index (κ3) is 7.82. The van der Waals surface area contributed by atoms with Gasteiger partial charge in [-0.2, -0.15) is 0 Å². The van der Waals surface area contributed by atoms with Gasteiger partial charge < -0.3 is 14.8 Å². The summed E-state index contributed by atoms with van der Waals surface area (Å²) in [6.07, 6.45) is 6.98. The maximum Gasteiger partial charge on any atom is 0.305 e. The van der Waals surface area contributed by atoms with Crippen molar-refractivity contribution in [1.82, 2.24) is 5.32 Å². The summed E-state index contributed by atoms with van der Waals surface area (Å²) in [7, 11) is 1.40. The van der Waals surface area contributed by atoms with Crippen LogP contribution in [0.15, 0.2) is 0 Å². The summed E-state index contributed by atoms with van der Waals surface area (Å²) >= 11 is 0. The minimum Gasteiger partial charge on any atom is -0.469 e. The summed E-state index contributed by atoms with van der Waals surface area (Å²) in [5.41, 5.74) is 0. The molecule has 1 N–H and O–H groups in total. The highest BCUT2D eigenvalue weighted by molar-refractivity contribution is 5.75. The molecule has 110 valence electrons. The molecule has 1 unspecified atom stereocenters. The van der Waals surface area contributed by atoms with Crippen molar-refractivity contribution in [1.29, 1.82) is 0 Å². The fourth-order valence-electron chi connectivity index (χ4n) is 2.15. The third-order valence-corrected chi connectivity index (χ3v) is 3.32. The molecule has 0 spiro atoms. The Kier molecular flexibility index (Phi) is 8.21. The number of methoxy groups -OCH3 is 1. The van der Waals surface area contributed by atoms with E-state index in [1.165, 1.54) is 7.11 Å². The first kappa shape index (κ1) is 16.0. The van der Waals surface area contributed by atoms with E-state index < -0.39 is 0 Å². The Morgan fingerprint density at radius 2 is 2.11 bits per heavy atom. The Hall–Kier alpha value is -1.10. The topological polar surface area (TPSA) is 64.6 Å². The minimum atomic E-state index is -0.166. The van der Waals surface area contributed by atoms with Gasteiger partial charge in [-0.25, -0.2) is 0 Å². The van der Waals surface area contributed by atoms with E-state index in [1.54, 1.807) is 0 Å². The summed E-state index contributed by atoms with van der Waals surface area (Å²) in [6, 6.07) is 0. The molecule has 1 amide bonds. The summed E-state index contributed by atoms with van der Waals surface area (Å²) < 4.78 is 10.0. The highest BCUT2D eigenvalue weighted by atomic mass is 16.5. The Balaban J connectivity index is 1.88. The zero-order valence-corrected chi connectivity index (χ0v) is 11.8. The molecule has 5 nitrogen and oxygen atoms in total. The molecule has 1 aliphatic rings. The lowest BCUT2D eigenvalue weighted by Crippen LogP contribution is -2.25. The molecule has 1 atom stereocenters. The maximum absolute atomic E-state index is 11.5. The maximum atomic E-state index is 11.5. The number of hydrogen-bond acceptors (Lipinski definition) is 4. The van der Waals surface area contributed by atoms with Gasteiger partial charge in [-0.1, -0.05) is 6.42 Å². The summed E-state index contributed by atoms with van der Waals surface area (Å²) in [4.78, 5) is 22.4. The van der Waals surface area contributed by atoms with E-state index in [0.717, 1.165) is 45.1 Å². The molecule has 1 fully saturated rings. The molecule has 1 aliphatic heterocycles. The van der Waals surface area contributed by atoms with Crippen molar-refractivity contribution in [2.24, 2.45) is 0 Å². The molecule has 1 saturated heterocycles. The third-order valence-electron chi connectivity index (χ3n) is 3.32. The van der Waals surface area contributed by atoms with Crippen molar-refractivity contribution in [2.45, 2.75) is 57.5 Å². The van der Waals surface area contributed by atoms with Crippen molar-refractivity contribution in [2.75, 3.05) is 20.3 Å². The van der Waals surface area contributed by atoms with Crippen molar-refractivity contribution in [3.05, 3.63) is 0 Å². The number of hydrogen-bond donors (Lipinski definition) is 1. The van der Waals surface area contributed by atoms with Gasteiger partial charge in [0.2, 0.25) is 5.91 Å². The number of esters is 1. The Labute approximate surface area is 115 Å². The molecule has 0 aliphatic carbocycles. The lowest BCUT2D eigenvalue weighted by atomic mass is 10.1. The standard InChI is InChI=1S/C14H25NO4/c1-18-14(17)7-3-2-4-10-15-13(16)9-8-12-6-5-11-19-12/h12H,2-11H2,1H3,(H,15,16). The van der Waals surface area contributed by atoms with Crippen LogP contribution in [0.5, 0.6) is 0 Å². The van der Waals surface area contributed by atoms with Crippen LogP contribution in [0.1, 0.15) is 51.4 Å². The van der Waals surface area contributed by atoms with Gasteiger partial charge in [0.15, 0.2) is 0 Å². The van der Waals surface area contributed by atoms with Gasteiger partial charge >= 0.3 is 5.97 Å². The van der Waals surface area contributed by atoms with Crippen LogP contribution < -0.4 is 5.32 Å². The van der Waals surface area contributed by atoms with E-state index in [9.17, 15) is 9.59 Å². The first-order chi connectivity index (χ1) is 9.22. The van der Waals surface area contributed by atoms with Crippen LogP contribution >= 0.6 is 0 Å². The number of amides is 1. The fourth-order valence-corrected chi connectivity index (χ4v) is 2.15. The number of nitrogens with one attached hydrogen (secondary N) is 1. The highest BCUT2D eigenvalue weighted by Gasteiger charge is 2.16. The average Bonchev–Trinajstić information content (AvgIpc) is 2.93. The quantitative estimate of drug-likeness (QED) is 0.513. The molecule has 0 radical (unpaired) electrons. The first-order valence-electron chi connectivity index (χ1n) is 7.17. The summed E-state index contributed by atoms with van der Waals surface area (Å²) in [6.45, 7) is 1.53. The average molecular weight is 271 g/mol. The van der Waals surface area contributed by atoms with E-state index in [-0.39, 0.29) is 18.0 Å². The number of unbranched alkanes of at least 4 members (excludes halogenated alkanes) is 2. The van der Waals surface area contributed by atoms with Gasteiger partial charge in [0, 0.05) is 26.0 Å². The predicted molar refractivity (Wildman–Crippen MR) is 71.7 cm³/mol. The molecule has 19 heavy (non-hydrogen) atoms. The normalized spacial score (nSPS) is 18.3. The number of carbonyl (C=O) groups is 2. The molecular weight excluding hydrogens is 246 g/mol. The molecular formula is C14H25NO4. The van der Waals surface area contributed by atoms with Gasteiger partial charge in [-0.15, -0.1) is 0 Å². The van der Waals surface area contributed by atoms with Crippen LogP contribution in [0.25, 0.3) is 0 Å². The second-order valence-electron chi connectivity index (χ2n) is 4.91. The first-order valence-corrected chi connectivity index (χ1v) is 7.17. The van der Waals surface area contributed by atoms with Gasteiger partial charge in [0.25, 0.3) is 0 Å². The Morgan fingerprint density at radius 3 is 2.79 bits per heavy atom. The van der Waals surface area contributed by atoms with Crippen molar-refractivity contribution in [3.63, 3.8) is 0 Å². The van der Waals surface area contributed by atoms with Crippen LogP contribution in [0.3, 0.4) is 0 Å². The Bertz CT molecular complexity index is 275. The van der Waals surface area contributed by atoms with Gasteiger partial charge in [0.05, 0.1) is 13.2 Å². The van der Waals surface area contributed by atoms with Crippen LogP contribution in [0.2, 0.25) is 0 Å². The molecule has 1 heterocycles. The van der Waals surface area contributed by atoms with Crippen LogP contribution in [0.4, 0.5) is 0 Å². The number of ether oxygens (including phenoxy) is 2. The molecule has 0 saturated carbocycles. The molecule has 0 aromatic rings. The largest absolute Gasteiger partial charge is 0.469 e. The highest BCUT2D eigenvalue weighted by Crippen LogP contribution is 2.16. The smallest absolute Gasteiger partial charge is 0.305 e.